The van der Waals surface area contributed by atoms with E-state index < -0.39 is 11.6 Å². The third-order valence-electron chi connectivity index (χ3n) is 2.50. The Hall–Kier alpha value is -1.99. The van der Waals surface area contributed by atoms with Crippen LogP contribution in [0.5, 0.6) is 0 Å². The Kier molecular flexibility index (Phi) is 3.54. The zero-order valence-electron chi connectivity index (χ0n) is 9.12. The van der Waals surface area contributed by atoms with E-state index in [0.29, 0.717) is 11.1 Å². The van der Waals surface area contributed by atoms with Crippen molar-refractivity contribution in [3.8, 4) is 17.2 Å². The molecule has 0 aliphatic rings. The fraction of sp³-hybridized carbons (Fsp3) is 0.0769. The fourth-order valence-electron chi connectivity index (χ4n) is 1.66. The molecule has 0 N–H and O–H groups in total. The molecule has 1 aromatic carbocycles. The van der Waals surface area contributed by atoms with Crippen LogP contribution in [0.4, 0.5) is 8.78 Å². The number of rotatable bonds is 2. The van der Waals surface area contributed by atoms with Crippen LogP contribution in [0, 0.1) is 23.0 Å². The molecular weight excluding hydrogens is 258 g/mol. The first kappa shape index (κ1) is 12.5. The lowest BCUT2D eigenvalue weighted by Gasteiger charge is -2.09. The smallest absolute Gasteiger partial charge is 0.166 e. The molecule has 0 amide bonds. The number of benzene rings is 1. The average Bonchev–Trinajstić information content (AvgIpc) is 2.36. The molecule has 0 atom stereocenters. The summed E-state index contributed by atoms with van der Waals surface area (Å²) in [5.74, 6) is -1.92. The number of aromatic nitrogens is 1. The first-order chi connectivity index (χ1) is 8.65. The molecule has 2 rings (SSSR count). The maximum Gasteiger partial charge on any atom is 0.166 e. The van der Waals surface area contributed by atoms with E-state index in [2.05, 4.69) is 4.98 Å². The molecule has 0 bridgehead atoms. The Labute approximate surface area is 107 Å². The molecule has 1 aromatic heterocycles. The first-order valence-corrected chi connectivity index (χ1v) is 5.46. The van der Waals surface area contributed by atoms with Crippen LogP contribution in [0.15, 0.2) is 30.6 Å². The molecule has 0 aliphatic heterocycles. The fourth-order valence-corrected chi connectivity index (χ4v) is 1.89. The van der Waals surface area contributed by atoms with Gasteiger partial charge in [-0.15, -0.1) is 0 Å². The lowest BCUT2D eigenvalue weighted by molar-refractivity contribution is 0.511. The van der Waals surface area contributed by atoms with Gasteiger partial charge >= 0.3 is 0 Å². The van der Waals surface area contributed by atoms with E-state index in [4.69, 9.17) is 16.9 Å². The van der Waals surface area contributed by atoms with Gasteiger partial charge in [0.1, 0.15) is 0 Å². The molecule has 1 heterocycles. The van der Waals surface area contributed by atoms with Crippen molar-refractivity contribution >= 4 is 11.6 Å². The third kappa shape index (κ3) is 2.18. The van der Waals surface area contributed by atoms with E-state index in [-0.39, 0.29) is 17.0 Å². The normalized spacial score (nSPS) is 10.1. The van der Waals surface area contributed by atoms with E-state index in [9.17, 15) is 8.78 Å². The largest absolute Gasteiger partial charge is 0.263 e. The quantitative estimate of drug-likeness (QED) is 0.828. The highest BCUT2D eigenvalue weighted by Gasteiger charge is 2.15. The molecule has 5 heteroatoms. The van der Waals surface area contributed by atoms with Crippen LogP contribution in [-0.2, 0) is 6.42 Å². The Balaban J connectivity index is 2.68. The molecule has 0 radical (unpaired) electrons. The summed E-state index contributed by atoms with van der Waals surface area (Å²) in [5.41, 5.74) is 0.829. The lowest BCUT2D eigenvalue weighted by atomic mass is 10.00. The zero-order chi connectivity index (χ0) is 13.1. The highest BCUT2D eigenvalue weighted by Crippen LogP contribution is 2.31. The van der Waals surface area contributed by atoms with Gasteiger partial charge < -0.3 is 0 Å². The van der Waals surface area contributed by atoms with Crippen molar-refractivity contribution < 1.29 is 8.78 Å². The molecule has 2 nitrogen and oxygen atoms in total. The molecule has 0 aliphatic carbocycles. The number of hydrogen-bond donors (Lipinski definition) is 0. The predicted octanol–water partition coefficient (Wildman–Crippen LogP) is 3.75. The van der Waals surface area contributed by atoms with Gasteiger partial charge in [-0.2, -0.15) is 5.26 Å². The van der Waals surface area contributed by atoms with Crippen molar-refractivity contribution in [3.05, 3.63) is 52.8 Å². The van der Waals surface area contributed by atoms with Crippen LogP contribution in [0.1, 0.15) is 5.56 Å². The van der Waals surface area contributed by atoms with Gasteiger partial charge in [0.25, 0.3) is 0 Å². The molecular formula is C13H7ClF2N2. The van der Waals surface area contributed by atoms with Gasteiger partial charge in [-0.1, -0.05) is 23.7 Å². The van der Waals surface area contributed by atoms with Crippen LogP contribution in [0.2, 0.25) is 5.02 Å². The van der Waals surface area contributed by atoms with E-state index in [1.807, 2.05) is 6.07 Å². The second-order valence-corrected chi connectivity index (χ2v) is 3.99. The number of halogens is 3. The summed E-state index contributed by atoms with van der Waals surface area (Å²) < 4.78 is 26.9. The van der Waals surface area contributed by atoms with Crippen molar-refractivity contribution in [2.45, 2.75) is 6.42 Å². The summed E-state index contributed by atoms with van der Waals surface area (Å²) in [4.78, 5) is 3.84. The van der Waals surface area contributed by atoms with Crippen molar-refractivity contribution in [2.24, 2.45) is 0 Å². The van der Waals surface area contributed by atoms with E-state index in [1.165, 1.54) is 24.5 Å². The number of nitrogens with zero attached hydrogens (tertiary/aromatic N) is 2. The van der Waals surface area contributed by atoms with Gasteiger partial charge in [-0.3, -0.25) is 4.98 Å². The molecule has 0 fully saturated rings. The monoisotopic (exact) mass is 264 g/mol. The maximum atomic E-state index is 13.7. The molecule has 0 saturated carbocycles. The van der Waals surface area contributed by atoms with E-state index >= 15 is 0 Å². The van der Waals surface area contributed by atoms with Crippen LogP contribution < -0.4 is 0 Å². The highest BCUT2D eigenvalue weighted by atomic mass is 35.5. The Bertz CT molecular complexity index is 635. The highest BCUT2D eigenvalue weighted by molar-refractivity contribution is 6.31. The third-order valence-corrected chi connectivity index (χ3v) is 2.83. The second kappa shape index (κ2) is 5.11. The van der Waals surface area contributed by atoms with Gasteiger partial charge in [-0.05, 0) is 11.6 Å². The van der Waals surface area contributed by atoms with Gasteiger partial charge in [0.05, 0.1) is 17.5 Å². The maximum absolute atomic E-state index is 13.7. The van der Waals surface area contributed by atoms with Gasteiger partial charge in [0, 0.05) is 23.5 Å². The van der Waals surface area contributed by atoms with Crippen LogP contribution in [0.25, 0.3) is 11.1 Å². The summed E-state index contributed by atoms with van der Waals surface area (Å²) in [6.45, 7) is 0. The summed E-state index contributed by atoms with van der Waals surface area (Å²) in [6.07, 6.45) is 2.75. The van der Waals surface area contributed by atoms with Crippen LogP contribution in [0.3, 0.4) is 0 Å². The minimum Gasteiger partial charge on any atom is -0.263 e. The minimum atomic E-state index is -0.972. The molecule has 0 unspecified atom stereocenters. The Morgan fingerprint density at radius 2 is 2.00 bits per heavy atom. The predicted molar refractivity (Wildman–Crippen MR) is 63.9 cm³/mol. The number of nitriles is 1. The van der Waals surface area contributed by atoms with Crippen LogP contribution >= 0.6 is 11.6 Å². The van der Waals surface area contributed by atoms with Crippen molar-refractivity contribution in [1.82, 2.24) is 4.98 Å². The van der Waals surface area contributed by atoms with Gasteiger partial charge in [0.15, 0.2) is 11.6 Å². The molecule has 0 saturated heterocycles. The van der Waals surface area contributed by atoms with Crippen molar-refractivity contribution in [1.29, 1.82) is 5.26 Å². The average molecular weight is 265 g/mol. The summed E-state index contributed by atoms with van der Waals surface area (Å²) in [7, 11) is 0. The number of hydrogen-bond acceptors (Lipinski definition) is 2. The summed E-state index contributed by atoms with van der Waals surface area (Å²) in [6, 6.07) is 5.79. The van der Waals surface area contributed by atoms with Crippen LogP contribution in [-0.4, -0.2) is 4.98 Å². The standard InChI is InChI=1S/C13H7ClF2N2/c14-11-7-18-6-10(8(11)4-5-17)9-2-1-3-12(15)13(9)16/h1-3,6-7H,4H2. The molecule has 90 valence electrons. The second-order valence-electron chi connectivity index (χ2n) is 3.58. The van der Waals surface area contributed by atoms with Gasteiger partial charge in [0.2, 0.25) is 0 Å². The van der Waals surface area contributed by atoms with E-state index in [0.717, 1.165) is 6.07 Å². The van der Waals surface area contributed by atoms with Crippen molar-refractivity contribution in [3.63, 3.8) is 0 Å². The summed E-state index contributed by atoms with van der Waals surface area (Å²) >= 11 is 5.92. The molecule has 2 aromatic rings. The summed E-state index contributed by atoms with van der Waals surface area (Å²) in [5, 5.41) is 9.00. The minimum absolute atomic E-state index is 0.00659. The SMILES string of the molecule is N#CCc1c(Cl)cncc1-c1cccc(F)c1F. The van der Waals surface area contributed by atoms with Crippen molar-refractivity contribution in [2.75, 3.05) is 0 Å². The van der Waals surface area contributed by atoms with Gasteiger partial charge in [-0.25, -0.2) is 8.78 Å². The van der Waals surface area contributed by atoms with E-state index in [1.54, 1.807) is 0 Å². The Morgan fingerprint density at radius 1 is 1.22 bits per heavy atom. The zero-order valence-corrected chi connectivity index (χ0v) is 9.88. The lowest BCUT2D eigenvalue weighted by Crippen LogP contribution is -1.96. The Morgan fingerprint density at radius 3 is 2.72 bits per heavy atom. The topological polar surface area (TPSA) is 36.7 Å². The first-order valence-electron chi connectivity index (χ1n) is 5.09. The number of pyridine rings is 1. The molecule has 0 spiro atoms. The molecule has 18 heavy (non-hydrogen) atoms.